The fraction of sp³-hybridized carbons (Fsp3) is 0.312. The van der Waals surface area contributed by atoms with Crippen LogP contribution in [0.15, 0.2) is 30.5 Å². The summed E-state index contributed by atoms with van der Waals surface area (Å²) in [6, 6.07) is 7.95. The van der Waals surface area contributed by atoms with E-state index in [0.717, 1.165) is 17.5 Å². The third-order valence-corrected chi connectivity index (χ3v) is 3.95. The Morgan fingerprint density at radius 3 is 2.68 bits per heavy atom. The molecule has 0 bridgehead atoms. The van der Waals surface area contributed by atoms with Gasteiger partial charge >= 0.3 is 5.97 Å². The summed E-state index contributed by atoms with van der Waals surface area (Å²) >= 11 is 0. The summed E-state index contributed by atoms with van der Waals surface area (Å²) in [4.78, 5) is 27.2. The van der Waals surface area contributed by atoms with E-state index >= 15 is 0 Å². The standard InChI is InChI=1S/C16H17N3O3/c1-19-13(16(21)22-2)9-17-15(19)11-5-3-10(4-6-11)12-7-8-14(20)18-12/h3-6,9,12H,7-8H2,1-2H3,(H,18,20). The van der Waals surface area contributed by atoms with Crippen molar-refractivity contribution >= 4 is 11.9 Å². The highest BCUT2D eigenvalue weighted by molar-refractivity contribution is 5.88. The van der Waals surface area contributed by atoms with Gasteiger partial charge in [0.15, 0.2) is 0 Å². The van der Waals surface area contributed by atoms with E-state index in [1.54, 1.807) is 11.6 Å². The van der Waals surface area contributed by atoms with Gasteiger partial charge in [0.2, 0.25) is 5.91 Å². The predicted octanol–water partition coefficient (Wildman–Crippen LogP) is 1.82. The van der Waals surface area contributed by atoms with Crippen LogP contribution in [-0.2, 0) is 16.6 Å². The second kappa shape index (κ2) is 5.63. The monoisotopic (exact) mass is 299 g/mol. The molecule has 3 rings (SSSR count). The summed E-state index contributed by atoms with van der Waals surface area (Å²) < 4.78 is 6.43. The molecule has 1 atom stereocenters. The molecule has 1 amide bonds. The summed E-state index contributed by atoms with van der Waals surface area (Å²) in [5.41, 5.74) is 2.40. The van der Waals surface area contributed by atoms with Crippen molar-refractivity contribution in [2.24, 2.45) is 7.05 Å². The normalized spacial score (nSPS) is 17.4. The molecular formula is C16H17N3O3. The fourth-order valence-electron chi connectivity index (χ4n) is 2.70. The van der Waals surface area contributed by atoms with Gasteiger partial charge in [-0.3, -0.25) is 4.79 Å². The molecule has 114 valence electrons. The van der Waals surface area contributed by atoms with Crippen molar-refractivity contribution in [3.8, 4) is 11.4 Å². The number of nitrogens with one attached hydrogen (secondary N) is 1. The minimum atomic E-state index is -0.411. The smallest absolute Gasteiger partial charge is 0.356 e. The largest absolute Gasteiger partial charge is 0.464 e. The highest BCUT2D eigenvalue weighted by Gasteiger charge is 2.22. The molecule has 6 heteroatoms. The first-order chi connectivity index (χ1) is 10.6. The van der Waals surface area contributed by atoms with Crippen LogP contribution in [0.2, 0.25) is 0 Å². The van der Waals surface area contributed by atoms with Gasteiger partial charge in [-0.1, -0.05) is 24.3 Å². The van der Waals surface area contributed by atoms with E-state index in [0.29, 0.717) is 17.9 Å². The summed E-state index contributed by atoms with van der Waals surface area (Å²) in [7, 11) is 3.12. The van der Waals surface area contributed by atoms with Crippen LogP contribution in [0.5, 0.6) is 0 Å². The minimum absolute atomic E-state index is 0.0913. The Hall–Kier alpha value is -2.63. The predicted molar refractivity (Wildman–Crippen MR) is 80.1 cm³/mol. The molecule has 22 heavy (non-hydrogen) atoms. The van der Waals surface area contributed by atoms with Gasteiger partial charge in [0.1, 0.15) is 11.5 Å². The number of esters is 1. The SMILES string of the molecule is COC(=O)c1cnc(-c2ccc(C3CCC(=O)N3)cc2)n1C. The molecule has 1 unspecified atom stereocenters. The number of aromatic nitrogens is 2. The van der Waals surface area contributed by atoms with Gasteiger partial charge in [0.05, 0.1) is 19.3 Å². The Morgan fingerprint density at radius 2 is 2.09 bits per heavy atom. The van der Waals surface area contributed by atoms with E-state index in [1.165, 1.54) is 13.3 Å². The third-order valence-electron chi connectivity index (χ3n) is 3.95. The van der Waals surface area contributed by atoms with Crippen LogP contribution in [0.3, 0.4) is 0 Å². The number of carbonyl (C=O) groups excluding carboxylic acids is 2. The number of hydrogen-bond acceptors (Lipinski definition) is 4. The number of amides is 1. The van der Waals surface area contributed by atoms with Gasteiger partial charge in [-0.25, -0.2) is 9.78 Å². The number of ether oxygens (including phenoxy) is 1. The molecule has 0 radical (unpaired) electrons. The van der Waals surface area contributed by atoms with Crippen molar-refractivity contribution in [2.75, 3.05) is 7.11 Å². The Labute approximate surface area is 128 Å². The van der Waals surface area contributed by atoms with E-state index in [-0.39, 0.29) is 11.9 Å². The quantitative estimate of drug-likeness (QED) is 0.877. The highest BCUT2D eigenvalue weighted by atomic mass is 16.5. The Bertz CT molecular complexity index is 719. The highest BCUT2D eigenvalue weighted by Crippen LogP contribution is 2.26. The number of hydrogen-bond donors (Lipinski definition) is 1. The van der Waals surface area contributed by atoms with Crippen LogP contribution in [0, 0.1) is 0 Å². The van der Waals surface area contributed by atoms with Crippen molar-refractivity contribution in [1.29, 1.82) is 0 Å². The lowest BCUT2D eigenvalue weighted by atomic mass is 10.0. The average Bonchev–Trinajstić information content (AvgIpc) is 3.13. The molecule has 2 aromatic rings. The Kier molecular flexibility index (Phi) is 3.66. The van der Waals surface area contributed by atoms with Crippen LogP contribution in [-0.4, -0.2) is 28.5 Å². The Balaban J connectivity index is 1.86. The van der Waals surface area contributed by atoms with Crippen LogP contribution in [0.1, 0.15) is 34.9 Å². The van der Waals surface area contributed by atoms with Crippen molar-refractivity contribution in [3.63, 3.8) is 0 Å². The number of methoxy groups -OCH3 is 1. The average molecular weight is 299 g/mol. The molecule has 1 aliphatic heterocycles. The van der Waals surface area contributed by atoms with Crippen molar-refractivity contribution < 1.29 is 14.3 Å². The first-order valence-corrected chi connectivity index (χ1v) is 7.10. The maximum absolute atomic E-state index is 11.6. The van der Waals surface area contributed by atoms with Crippen LogP contribution < -0.4 is 5.32 Å². The lowest BCUT2D eigenvalue weighted by Gasteiger charge is -2.11. The van der Waals surface area contributed by atoms with Gasteiger partial charge in [-0.05, 0) is 12.0 Å². The number of nitrogens with zero attached hydrogens (tertiary/aromatic N) is 2. The number of imidazole rings is 1. The molecule has 1 N–H and O–H groups in total. The number of benzene rings is 1. The van der Waals surface area contributed by atoms with Gasteiger partial charge in [-0.2, -0.15) is 0 Å². The minimum Gasteiger partial charge on any atom is -0.464 e. The zero-order valence-corrected chi connectivity index (χ0v) is 12.5. The molecule has 6 nitrogen and oxygen atoms in total. The lowest BCUT2D eigenvalue weighted by molar-refractivity contribution is -0.119. The van der Waals surface area contributed by atoms with E-state index < -0.39 is 5.97 Å². The zero-order chi connectivity index (χ0) is 15.7. The number of carbonyl (C=O) groups is 2. The molecule has 1 aliphatic rings. The van der Waals surface area contributed by atoms with Gasteiger partial charge in [0, 0.05) is 19.0 Å². The molecule has 0 saturated carbocycles. The lowest BCUT2D eigenvalue weighted by Crippen LogP contribution is -2.18. The summed E-state index contributed by atoms with van der Waals surface area (Å²) in [5.74, 6) is 0.384. The molecule has 1 saturated heterocycles. The molecule has 0 spiro atoms. The molecule has 1 aromatic heterocycles. The second-order valence-corrected chi connectivity index (χ2v) is 5.30. The van der Waals surface area contributed by atoms with Crippen LogP contribution in [0.4, 0.5) is 0 Å². The first kappa shape index (κ1) is 14.3. The molecule has 0 aliphatic carbocycles. The Morgan fingerprint density at radius 1 is 1.36 bits per heavy atom. The molecular weight excluding hydrogens is 282 g/mol. The van der Waals surface area contributed by atoms with Gasteiger partial charge in [-0.15, -0.1) is 0 Å². The van der Waals surface area contributed by atoms with E-state index in [1.807, 2.05) is 24.3 Å². The zero-order valence-electron chi connectivity index (χ0n) is 12.5. The van der Waals surface area contributed by atoms with Crippen molar-refractivity contribution in [1.82, 2.24) is 14.9 Å². The fourth-order valence-corrected chi connectivity index (χ4v) is 2.70. The number of rotatable bonds is 3. The first-order valence-electron chi connectivity index (χ1n) is 7.10. The van der Waals surface area contributed by atoms with E-state index in [4.69, 9.17) is 4.74 Å². The second-order valence-electron chi connectivity index (χ2n) is 5.30. The van der Waals surface area contributed by atoms with Gasteiger partial charge in [0.25, 0.3) is 0 Å². The summed E-state index contributed by atoms with van der Waals surface area (Å²) in [6.07, 6.45) is 2.91. The summed E-state index contributed by atoms with van der Waals surface area (Å²) in [5, 5.41) is 2.95. The van der Waals surface area contributed by atoms with E-state index in [9.17, 15) is 9.59 Å². The van der Waals surface area contributed by atoms with Crippen LogP contribution >= 0.6 is 0 Å². The maximum Gasteiger partial charge on any atom is 0.356 e. The van der Waals surface area contributed by atoms with Gasteiger partial charge < -0.3 is 14.6 Å². The maximum atomic E-state index is 11.6. The summed E-state index contributed by atoms with van der Waals surface area (Å²) in [6.45, 7) is 0. The molecule has 1 fully saturated rings. The van der Waals surface area contributed by atoms with Crippen molar-refractivity contribution in [2.45, 2.75) is 18.9 Å². The third kappa shape index (κ3) is 2.47. The van der Waals surface area contributed by atoms with E-state index in [2.05, 4.69) is 10.3 Å². The molecule has 2 heterocycles. The van der Waals surface area contributed by atoms with Crippen LogP contribution in [0.25, 0.3) is 11.4 Å². The topological polar surface area (TPSA) is 73.2 Å². The molecule has 1 aromatic carbocycles. The van der Waals surface area contributed by atoms with Crippen molar-refractivity contribution in [3.05, 3.63) is 41.7 Å².